The van der Waals surface area contributed by atoms with E-state index >= 15 is 0 Å². The highest BCUT2D eigenvalue weighted by atomic mass is 14.6. The Morgan fingerprint density at radius 3 is 2.75 bits per heavy atom. The van der Waals surface area contributed by atoms with Crippen LogP contribution >= 0.6 is 0 Å². The lowest BCUT2D eigenvalue weighted by atomic mass is 9.79. The lowest BCUT2D eigenvalue weighted by Crippen LogP contribution is -2.14. The van der Waals surface area contributed by atoms with Gasteiger partial charge in [-0.3, -0.25) is 0 Å². The van der Waals surface area contributed by atoms with Crippen molar-refractivity contribution < 1.29 is 0 Å². The van der Waals surface area contributed by atoms with Crippen LogP contribution in [0.25, 0.3) is 0 Å². The standard InChI is InChI=1S/C11H17N/c1-4-11(3)7-5-10(6-8-11)9(2)12/h5-7H,2,4,8,12H2,1,3H3. The lowest BCUT2D eigenvalue weighted by molar-refractivity contribution is 0.412. The molecular formula is C11H17N. The molecule has 2 N–H and O–H groups in total. The molecule has 0 heterocycles. The van der Waals surface area contributed by atoms with Crippen LogP contribution in [0.1, 0.15) is 26.7 Å². The molecule has 0 fully saturated rings. The molecule has 1 unspecified atom stereocenters. The molecule has 1 aliphatic rings. The van der Waals surface area contributed by atoms with Crippen LogP contribution in [0.5, 0.6) is 0 Å². The first-order valence-electron chi connectivity index (χ1n) is 4.41. The Bertz CT molecular complexity index is 248. The first-order chi connectivity index (χ1) is 5.57. The fourth-order valence-electron chi connectivity index (χ4n) is 1.27. The Balaban J connectivity index is 2.74. The highest BCUT2D eigenvalue weighted by Gasteiger charge is 2.19. The first-order valence-corrected chi connectivity index (χ1v) is 4.41. The zero-order chi connectivity index (χ0) is 9.19. The third-order valence-electron chi connectivity index (χ3n) is 2.63. The highest BCUT2D eigenvalue weighted by Crippen LogP contribution is 2.32. The molecule has 0 bridgehead atoms. The van der Waals surface area contributed by atoms with E-state index < -0.39 is 0 Å². The maximum Gasteiger partial charge on any atom is 0.0311 e. The summed E-state index contributed by atoms with van der Waals surface area (Å²) in [5, 5.41) is 0. The maximum absolute atomic E-state index is 5.58. The van der Waals surface area contributed by atoms with Gasteiger partial charge in [0.05, 0.1) is 0 Å². The number of allylic oxidation sites excluding steroid dienone is 3. The fourth-order valence-corrected chi connectivity index (χ4v) is 1.27. The molecular weight excluding hydrogens is 146 g/mol. The molecule has 0 spiro atoms. The van der Waals surface area contributed by atoms with E-state index in [1.54, 1.807) is 0 Å². The summed E-state index contributed by atoms with van der Waals surface area (Å²) in [7, 11) is 0. The van der Waals surface area contributed by atoms with E-state index in [-0.39, 0.29) is 0 Å². The molecule has 12 heavy (non-hydrogen) atoms. The van der Waals surface area contributed by atoms with Gasteiger partial charge in [-0.15, -0.1) is 0 Å². The van der Waals surface area contributed by atoms with Crippen molar-refractivity contribution >= 4 is 0 Å². The van der Waals surface area contributed by atoms with E-state index in [0.29, 0.717) is 11.1 Å². The summed E-state index contributed by atoms with van der Waals surface area (Å²) in [6.07, 6.45) is 8.73. The van der Waals surface area contributed by atoms with Gasteiger partial charge in [-0.25, -0.2) is 0 Å². The van der Waals surface area contributed by atoms with E-state index in [2.05, 4.69) is 38.7 Å². The quantitative estimate of drug-likeness (QED) is 0.665. The van der Waals surface area contributed by atoms with Crippen LogP contribution in [-0.2, 0) is 0 Å². The second-order valence-electron chi connectivity index (χ2n) is 3.73. The minimum absolute atomic E-state index is 0.332. The summed E-state index contributed by atoms with van der Waals surface area (Å²) in [5.41, 5.74) is 7.67. The normalized spacial score (nSPS) is 28.3. The second kappa shape index (κ2) is 3.18. The third kappa shape index (κ3) is 1.79. The maximum atomic E-state index is 5.58. The van der Waals surface area contributed by atoms with Gasteiger partial charge >= 0.3 is 0 Å². The van der Waals surface area contributed by atoms with E-state index in [4.69, 9.17) is 5.73 Å². The van der Waals surface area contributed by atoms with E-state index in [9.17, 15) is 0 Å². The molecule has 0 amide bonds. The van der Waals surface area contributed by atoms with E-state index in [1.807, 2.05) is 0 Å². The van der Waals surface area contributed by atoms with Crippen molar-refractivity contribution in [1.29, 1.82) is 0 Å². The van der Waals surface area contributed by atoms with Crippen LogP contribution in [0, 0.1) is 5.41 Å². The number of rotatable bonds is 2. The molecule has 0 radical (unpaired) electrons. The third-order valence-corrected chi connectivity index (χ3v) is 2.63. The first kappa shape index (κ1) is 9.11. The van der Waals surface area contributed by atoms with Crippen LogP contribution < -0.4 is 5.73 Å². The summed E-state index contributed by atoms with van der Waals surface area (Å²) in [5.74, 6) is 0. The van der Waals surface area contributed by atoms with Gasteiger partial charge in [0.2, 0.25) is 0 Å². The highest BCUT2D eigenvalue weighted by molar-refractivity contribution is 5.39. The zero-order valence-corrected chi connectivity index (χ0v) is 7.93. The average molecular weight is 163 g/mol. The fraction of sp³-hybridized carbons (Fsp3) is 0.455. The molecule has 66 valence electrons. The van der Waals surface area contributed by atoms with Crippen molar-refractivity contribution in [3.8, 4) is 0 Å². The second-order valence-corrected chi connectivity index (χ2v) is 3.73. The molecule has 0 aromatic carbocycles. The molecule has 0 aliphatic heterocycles. The summed E-state index contributed by atoms with van der Waals surface area (Å²) in [6.45, 7) is 8.18. The van der Waals surface area contributed by atoms with Crippen molar-refractivity contribution in [2.45, 2.75) is 26.7 Å². The average Bonchev–Trinajstić information content (AvgIpc) is 2.05. The molecule has 0 saturated carbocycles. The smallest absolute Gasteiger partial charge is 0.0311 e. The summed E-state index contributed by atoms with van der Waals surface area (Å²) >= 11 is 0. The van der Waals surface area contributed by atoms with Crippen LogP contribution in [0.4, 0.5) is 0 Å². The van der Waals surface area contributed by atoms with Crippen molar-refractivity contribution in [3.05, 3.63) is 36.1 Å². The molecule has 1 rings (SSSR count). The summed E-state index contributed by atoms with van der Waals surface area (Å²) in [4.78, 5) is 0. The van der Waals surface area contributed by atoms with Crippen molar-refractivity contribution in [1.82, 2.24) is 0 Å². The van der Waals surface area contributed by atoms with E-state index in [1.165, 1.54) is 6.42 Å². The summed E-state index contributed by atoms with van der Waals surface area (Å²) < 4.78 is 0. The van der Waals surface area contributed by atoms with Crippen molar-refractivity contribution in [2.24, 2.45) is 11.1 Å². The lowest BCUT2D eigenvalue weighted by Gasteiger charge is -2.26. The van der Waals surface area contributed by atoms with Gasteiger partial charge in [0.25, 0.3) is 0 Å². The Kier molecular flexibility index (Phi) is 2.41. The summed E-state index contributed by atoms with van der Waals surface area (Å²) in [6, 6.07) is 0. The Hall–Kier alpha value is -0.980. The van der Waals surface area contributed by atoms with Gasteiger partial charge in [-0.2, -0.15) is 0 Å². The van der Waals surface area contributed by atoms with Crippen LogP contribution in [0.2, 0.25) is 0 Å². The van der Waals surface area contributed by atoms with Gasteiger partial charge in [-0.05, 0) is 23.8 Å². The van der Waals surface area contributed by atoms with Crippen LogP contribution in [0.3, 0.4) is 0 Å². The van der Waals surface area contributed by atoms with Crippen molar-refractivity contribution in [2.75, 3.05) is 0 Å². The minimum atomic E-state index is 0.332. The van der Waals surface area contributed by atoms with Gasteiger partial charge in [0.15, 0.2) is 0 Å². The largest absolute Gasteiger partial charge is 0.399 e. The van der Waals surface area contributed by atoms with Gasteiger partial charge < -0.3 is 5.73 Å². The monoisotopic (exact) mass is 163 g/mol. The Morgan fingerprint density at radius 2 is 2.42 bits per heavy atom. The van der Waals surface area contributed by atoms with Gasteiger partial charge in [-0.1, -0.05) is 38.7 Å². The minimum Gasteiger partial charge on any atom is -0.399 e. The Morgan fingerprint density at radius 1 is 1.75 bits per heavy atom. The number of nitrogens with two attached hydrogens (primary N) is 1. The van der Waals surface area contributed by atoms with Crippen LogP contribution in [0.15, 0.2) is 36.1 Å². The topological polar surface area (TPSA) is 26.0 Å². The Labute approximate surface area is 74.7 Å². The molecule has 0 aromatic heterocycles. The van der Waals surface area contributed by atoms with Gasteiger partial charge in [0, 0.05) is 5.70 Å². The van der Waals surface area contributed by atoms with Crippen LogP contribution in [-0.4, -0.2) is 0 Å². The molecule has 1 nitrogen and oxygen atoms in total. The predicted molar refractivity (Wildman–Crippen MR) is 53.6 cm³/mol. The molecule has 0 aromatic rings. The number of hydrogen-bond acceptors (Lipinski definition) is 1. The SMILES string of the molecule is C=C(N)C1=CCC(C)(CC)C=C1. The van der Waals surface area contributed by atoms with Crippen molar-refractivity contribution in [3.63, 3.8) is 0 Å². The molecule has 1 heteroatoms. The van der Waals surface area contributed by atoms with E-state index in [0.717, 1.165) is 12.0 Å². The molecule has 1 aliphatic carbocycles. The molecule has 1 atom stereocenters. The predicted octanol–water partition coefficient (Wildman–Crippen LogP) is 2.76. The van der Waals surface area contributed by atoms with Gasteiger partial charge in [0.1, 0.15) is 0 Å². The zero-order valence-electron chi connectivity index (χ0n) is 7.93. The number of hydrogen-bond donors (Lipinski definition) is 1. The molecule has 0 saturated heterocycles.